The highest BCUT2D eigenvalue weighted by Gasteiger charge is 2.15. The first-order valence-electron chi connectivity index (χ1n) is 6.29. The Morgan fingerprint density at radius 1 is 1.42 bits per heavy atom. The van der Waals surface area contributed by atoms with Crippen LogP contribution in [-0.2, 0) is 20.0 Å². The van der Waals surface area contributed by atoms with Crippen molar-refractivity contribution in [2.24, 2.45) is 7.05 Å². The van der Waals surface area contributed by atoms with E-state index >= 15 is 0 Å². The van der Waals surface area contributed by atoms with Crippen molar-refractivity contribution < 1.29 is 0 Å². The molecule has 0 aliphatic heterocycles. The Morgan fingerprint density at radius 3 is 2.74 bits per heavy atom. The molecule has 4 nitrogen and oxygen atoms in total. The first-order chi connectivity index (χ1) is 9.02. The van der Waals surface area contributed by atoms with Crippen LogP contribution >= 0.6 is 11.6 Å². The van der Waals surface area contributed by atoms with Crippen LogP contribution in [0.25, 0.3) is 0 Å². The van der Waals surface area contributed by atoms with Crippen molar-refractivity contribution in [1.82, 2.24) is 9.78 Å². The molecule has 1 heterocycles. The molecule has 0 fully saturated rings. The number of rotatable bonds is 4. The summed E-state index contributed by atoms with van der Waals surface area (Å²) in [5, 5.41) is 5.18. The highest BCUT2D eigenvalue weighted by Crippen LogP contribution is 2.27. The molecule has 102 valence electrons. The third kappa shape index (κ3) is 2.84. The largest absolute Gasteiger partial charge is 0.394 e. The molecule has 0 spiro atoms. The average molecular weight is 279 g/mol. The van der Waals surface area contributed by atoms with E-state index in [1.54, 1.807) is 0 Å². The Kier molecular flexibility index (Phi) is 4.00. The Morgan fingerprint density at radius 2 is 2.16 bits per heavy atom. The number of nitrogen functional groups attached to an aromatic ring is 1. The fraction of sp³-hybridized carbons (Fsp3) is 0.357. The van der Waals surface area contributed by atoms with Crippen LogP contribution in [0.3, 0.4) is 0 Å². The zero-order chi connectivity index (χ0) is 14.0. The maximum absolute atomic E-state index is 6.15. The molecular formula is C14H19ClN4. The standard InChI is InChI=1S/C14H19ClN4/c1-4-12-13(16)14(19(3)17-12)18(2)9-10-6-5-7-11(15)8-10/h5-8H,4,9,16H2,1-3H3. The van der Waals surface area contributed by atoms with Crippen molar-refractivity contribution in [3.8, 4) is 0 Å². The zero-order valence-electron chi connectivity index (χ0n) is 11.5. The second-order valence-corrected chi connectivity index (χ2v) is 5.08. The van der Waals surface area contributed by atoms with Gasteiger partial charge in [-0.25, -0.2) is 0 Å². The van der Waals surface area contributed by atoms with Crippen LogP contribution < -0.4 is 10.6 Å². The van der Waals surface area contributed by atoms with E-state index < -0.39 is 0 Å². The zero-order valence-corrected chi connectivity index (χ0v) is 12.3. The summed E-state index contributed by atoms with van der Waals surface area (Å²) in [4.78, 5) is 2.09. The lowest BCUT2D eigenvalue weighted by atomic mass is 10.2. The summed E-state index contributed by atoms with van der Waals surface area (Å²) < 4.78 is 1.83. The molecule has 0 radical (unpaired) electrons. The summed E-state index contributed by atoms with van der Waals surface area (Å²) in [6.45, 7) is 2.80. The molecule has 2 aromatic rings. The normalized spacial score (nSPS) is 10.7. The van der Waals surface area contributed by atoms with Gasteiger partial charge in [0, 0.05) is 25.7 Å². The second kappa shape index (κ2) is 5.53. The first-order valence-corrected chi connectivity index (χ1v) is 6.67. The molecule has 0 atom stereocenters. The fourth-order valence-corrected chi connectivity index (χ4v) is 2.50. The lowest BCUT2D eigenvalue weighted by Crippen LogP contribution is -2.20. The van der Waals surface area contributed by atoms with Crippen LogP contribution in [0, 0.1) is 0 Å². The van der Waals surface area contributed by atoms with Gasteiger partial charge in [0.05, 0.1) is 11.4 Å². The Hall–Kier alpha value is -1.68. The monoisotopic (exact) mass is 278 g/mol. The SMILES string of the molecule is CCc1nn(C)c(N(C)Cc2cccc(Cl)c2)c1N. The van der Waals surface area contributed by atoms with E-state index in [1.165, 1.54) is 0 Å². The summed E-state index contributed by atoms with van der Waals surface area (Å²) in [5.74, 6) is 0.942. The quantitative estimate of drug-likeness (QED) is 0.935. The lowest BCUT2D eigenvalue weighted by Gasteiger charge is -2.20. The number of hydrogen-bond acceptors (Lipinski definition) is 3. The molecule has 2 N–H and O–H groups in total. The summed E-state index contributed by atoms with van der Waals surface area (Å²) in [7, 11) is 3.92. The van der Waals surface area contributed by atoms with Crippen molar-refractivity contribution in [1.29, 1.82) is 0 Å². The van der Waals surface area contributed by atoms with E-state index in [2.05, 4.69) is 23.0 Å². The van der Waals surface area contributed by atoms with Gasteiger partial charge in [-0.15, -0.1) is 0 Å². The van der Waals surface area contributed by atoms with E-state index in [9.17, 15) is 0 Å². The number of aryl methyl sites for hydroxylation is 2. The minimum Gasteiger partial charge on any atom is -0.394 e. The molecule has 0 aliphatic rings. The van der Waals surface area contributed by atoms with Gasteiger partial charge < -0.3 is 10.6 Å². The van der Waals surface area contributed by atoms with Crippen molar-refractivity contribution in [2.75, 3.05) is 17.7 Å². The fourth-order valence-electron chi connectivity index (χ4n) is 2.28. The molecule has 2 rings (SSSR count). The highest BCUT2D eigenvalue weighted by molar-refractivity contribution is 6.30. The predicted octanol–water partition coefficient (Wildman–Crippen LogP) is 2.85. The number of nitrogens with zero attached hydrogens (tertiary/aromatic N) is 3. The third-order valence-electron chi connectivity index (χ3n) is 3.13. The van der Waals surface area contributed by atoms with Crippen molar-refractivity contribution >= 4 is 23.1 Å². The predicted molar refractivity (Wildman–Crippen MR) is 80.6 cm³/mol. The summed E-state index contributed by atoms with van der Waals surface area (Å²) in [6.07, 6.45) is 0.838. The molecule has 0 amide bonds. The van der Waals surface area contributed by atoms with Crippen LogP contribution in [0.1, 0.15) is 18.2 Å². The van der Waals surface area contributed by atoms with E-state index in [0.29, 0.717) is 0 Å². The van der Waals surface area contributed by atoms with Crippen LogP contribution in [0.2, 0.25) is 5.02 Å². The van der Waals surface area contributed by atoms with Gasteiger partial charge in [-0.05, 0) is 24.1 Å². The van der Waals surface area contributed by atoms with Crippen LogP contribution in [0.15, 0.2) is 24.3 Å². The maximum Gasteiger partial charge on any atom is 0.150 e. The molecule has 0 saturated heterocycles. The smallest absolute Gasteiger partial charge is 0.150 e. The summed E-state index contributed by atoms with van der Waals surface area (Å²) in [6, 6.07) is 7.84. The minimum atomic E-state index is 0.743. The lowest BCUT2D eigenvalue weighted by molar-refractivity contribution is 0.720. The Labute approximate surface area is 118 Å². The highest BCUT2D eigenvalue weighted by atomic mass is 35.5. The molecule has 0 aliphatic carbocycles. The van der Waals surface area contributed by atoms with E-state index in [0.717, 1.165) is 40.8 Å². The summed E-state index contributed by atoms with van der Waals surface area (Å²) >= 11 is 6.00. The van der Waals surface area contributed by atoms with Gasteiger partial charge in [-0.3, -0.25) is 4.68 Å². The van der Waals surface area contributed by atoms with Gasteiger partial charge in [0.1, 0.15) is 5.82 Å². The van der Waals surface area contributed by atoms with Crippen molar-refractivity contribution in [3.63, 3.8) is 0 Å². The number of nitrogens with two attached hydrogens (primary N) is 1. The number of hydrogen-bond donors (Lipinski definition) is 1. The van der Waals surface area contributed by atoms with Crippen molar-refractivity contribution in [3.05, 3.63) is 40.5 Å². The van der Waals surface area contributed by atoms with Gasteiger partial charge >= 0.3 is 0 Å². The minimum absolute atomic E-state index is 0.743. The average Bonchev–Trinajstić information content (AvgIpc) is 2.64. The molecule has 0 saturated carbocycles. The Balaban J connectivity index is 2.25. The molecule has 1 aromatic carbocycles. The van der Waals surface area contributed by atoms with Crippen LogP contribution in [0.4, 0.5) is 11.5 Å². The molecule has 1 aromatic heterocycles. The molecule has 19 heavy (non-hydrogen) atoms. The molecular weight excluding hydrogens is 260 g/mol. The van der Waals surface area contributed by atoms with Gasteiger partial charge in [0.15, 0.2) is 0 Å². The first kappa shape index (κ1) is 13.7. The molecule has 5 heteroatoms. The van der Waals surface area contributed by atoms with E-state index in [-0.39, 0.29) is 0 Å². The maximum atomic E-state index is 6.15. The van der Waals surface area contributed by atoms with Gasteiger partial charge in [-0.1, -0.05) is 30.7 Å². The van der Waals surface area contributed by atoms with Gasteiger partial charge in [-0.2, -0.15) is 5.10 Å². The van der Waals surface area contributed by atoms with Gasteiger partial charge in [0.2, 0.25) is 0 Å². The second-order valence-electron chi connectivity index (χ2n) is 4.65. The number of aromatic nitrogens is 2. The van der Waals surface area contributed by atoms with Crippen LogP contribution in [0.5, 0.6) is 0 Å². The molecule has 0 unspecified atom stereocenters. The topological polar surface area (TPSA) is 47.1 Å². The van der Waals surface area contributed by atoms with Crippen LogP contribution in [-0.4, -0.2) is 16.8 Å². The van der Waals surface area contributed by atoms with E-state index in [1.807, 2.05) is 37.0 Å². The number of halogens is 1. The third-order valence-corrected chi connectivity index (χ3v) is 3.37. The summed E-state index contributed by atoms with van der Waals surface area (Å²) in [5.41, 5.74) is 8.99. The Bertz CT molecular complexity index is 577. The number of anilines is 2. The van der Waals surface area contributed by atoms with Crippen molar-refractivity contribution in [2.45, 2.75) is 19.9 Å². The van der Waals surface area contributed by atoms with Gasteiger partial charge in [0.25, 0.3) is 0 Å². The number of benzene rings is 1. The molecule has 0 bridgehead atoms. The van der Waals surface area contributed by atoms with E-state index in [4.69, 9.17) is 17.3 Å².